The van der Waals surface area contributed by atoms with Crippen LogP contribution in [-0.2, 0) is 24.8 Å². The Morgan fingerprint density at radius 3 is 3.05 bits per heavy atom. The van der Waals surface area contributed by atoms with E-state index in [-0.39, 0.29) is 5.69 Å². The van der Waals surface area contributed by atoms with Gasteiger partial charge in [-0.2, -0.15) is 5.10 Å². The maximum Gasteiger partial charge on any atom is 0.356 e. The first-order chi connectivity index (χ1) is 9.16. The summed E-state index contributed by atoms with van der Waals surface area (Å²) in [5.74, 6) is -1.00. The molecule has 1 aromatic carbocycles. The summed E-state index contributed by atoms with van der Waals surface area (Å²) in [5.41, 5.74) is 4.34. The van der Waals surface area contributed by atoms with Crippen molar-refractivity contribution in [1.29, 1.82) is 0 Å². The number of carbonyl (C=O) groups is 1. The third kappa shape index (κ3) is 2.02. The van der Waals surface area contributed by atoms with Crippen LogP contribution >= 0.6 is 0 Å². The van der Waals surface area contributed by atoms with Gasteiger partial charge in [0.1, 0.15) is 0 Å². The predicted molar refractivity (Wildman–Crippen MR) is 69.0 cm³/mol. The number of ether oxygens (including phenoxy) is 1. The predicted octanol–water partition coefficient (Wildman–Crippen LogP) is 1.86. The topological polar surface area (TPSA) is 64.4 Å². The summed E-state index contributed by atoms with van der Waals surface area (Å²) in [5, 5.41) is 13.0. The minimum atomic E-state index is -1.00. The van der Waals surface area contributed by atoms with Gasteiger partial charge < -0.3 is 9.84 Å². The van der Waals surface area contributed by atoms with Crippen molar-refractivity contribution in [3.63, 3.8) is 0 Å². The molecule has 1 aliphatic rings. The normalized spacial score (nSPS) is 14.2. The van der Waals surface area contributed by atoms with Crippen LogP contribution in [-0.4, -0.2) is 27.5 Å². The molecule has 0 aliphatic carbocycles. The third-order valence-corrected chi connectivity index (χ3v) is 3.40. The molecule has 0 saturated heterocycles. The highest BCUT2D eigenvalue weighted by atomic mass is 16.5. The molecule has 0 atom stereocenters. The number of aromatic carboxylic acids is 1. The maximum absolute atomic E-state index is 11.0. The smallest absolute Gasteiger partial charge is 0.356 e. The fourth-order valence-electron chi connectivity index (χ4n) is 2.49. The summed E-state index contributed by atoms with van der Waals surface area (Å²) < 4.78 is 7.06. The molecule has 5 nitrogen and oxygen atoms in total. The van der Waals surface area contributed by atoms with Crippen LogP contribution in [0.5, 0.6) is 0 Å². The van der Waals surface area contributed by atoms with Gasteiger partial charge in [0, 0.05) is 12.6 Å². The van der Waals surface area contributed by atoms with Crippen LogP contribution in [0.4, 0.5) is 0 Å². The molecule has 0 radical (unpaired) electrons. The van der Waals surface area contributed by atoms with E-state index in [0.717, 1.165) is 17.7 Å². The molecule has 3 rings (SSSR count). The Kier molecular flexibility index (Phi) is 2.83. The Labute approximate surface area is 110 Å². The summed E-state index contributed by atoms with van der Waals surface area (Å²) in [6, 6.07) is 7.64. The number of carboxylic acid groups (broad SMARTS) is 1. The molecule has 1 N–H and O–H groups in total. The molecule has 2 heterocycles. The van der Waals surface area contributed by atoms with Gasteiger partial charge >= 0.3 is 5.97 Å². The molecule has 2 aromatic rings. The number of benzene rings is 1. The number of carboxylic acids is 1. The summed E-state index contributed by atoms with van der Waals surface area (Å²) in [7, 11) is 1.76. The van der Waals surface area contributed by atoms with E-state index in [9.17, 15) is 4.79 Å². The average molecular weight is 258 g/mol. The number of hydrogen-bond acceptors (Lipinski definition) is 3. The van der Waals surface area contributed by atoms with E-state index < -0.39 is 5.97 Å². The molecule has 19 heavy (non-hydrogen) atoms. The van der Waals surface area contributed by atoms with Crippen molar-refractivity contribution >= 4 is 5.97 Å². The molecular formula is C14H14N2O3. The van der Waals surface area contributed by atoms with Gasteiger partial charge in [0.25, 0.3) is 0 Å². The highest BCUT2D eigenvalue weighted by molar-refractivity contribution is 5.87. The van der Waals surface area contributed by atoms with E-state index in [0.29, 0.717) is 13.2 Å². The van der Waals surface area contributed by atoms with Crippen LogP contribution in [0, 0.1) is 0 Å². The van der Waals surface area contributed by atoms with E-state index in [1.165, 1.54) is 11.1 Å². The molecule has 98 valence electrons. The second-order valence-electron chi connectivity index (χ2n) is 4.59. The van der Waals surface area contributed by atoms with Crippen molar-refractivity contribution in [3.8, 4) is 11.3 Å². The number of aryl methyl sites for hydroxylation is 1. The molecule has 0 unspecified atom stereocenters. The quantitative estimate of drug-likeness (QED) is 0.893. The van der Waals surface area contributed by atoms with Gasteiger partial charge in [-0.25, -0.2) is 4.79 Å². The zero-order valence-electron chi connectivity index (χ0n) is 10.6. The molecule has 0 bridgehead atoms. The van der Waals surface area contributed by atoms with Crippen molar-refractivity contribution in [3.05, 3.63) is 41.1 Å². The number of fused-ring (bicyclic) bond motifs is 1. The van der Waals surface area contributed by atoms with Crippen molar-refractivity contribution in [2.75, 3.05) is 6.61 Å². The van der Waals surface area contributed by atoms with E-state index in [1.807, 2.05) is 18.2 Å². The summed E-state index contributed by atoms with van der Waals surface area (Å²) in [6.07, 6.45) is 0.846. The van der Waals surface area contributed by atoms with E-state index in [4.69, 9.17) is 9.84 Å². The molecule has 5 heteroatoms. The molecular weight excluding hydrogens is 244 g/mol. The lowest BCUT2D eigenvalue weighted by atomic mass is 9.95. The third-order valence-electron chi connectivity index (χ3n) is 3.40. The molecule has 1 aromatic heterocycles. The Bertz CT molecular complexity index is 646. The monoisotopic (exact) mass is 258 g/mol. The SMILES string of the molecule is Cn1nc(C(=O)O)cc1-c1cccc2c1CCOC2. The van der Waals surface area contributed by atoms with Crippen LogP contribution in [0.1, 0.15) is 21.6 Å². The highest BCUT2D eigenvalue weighted by Crippen LogP contribution is 2.29. The first-order valence-corrected chi connectivity index (χ1v) is 6.13. The van der Waals surface area contributed by atoms with Gasteiger partial charge in [0.2, 0.25) is 0 Å². The summed E-state index contributed by atoms with van der Waals surface area (Å²) in [4.78, 5) is 11.0. The van der Waals surface area contributed by atoms with Crippen LogP contribution in [0.2, 0.25) is 0 Å². The fourth-order valence-corrected chi connectivity index (χ4v) is 2.49. The lowest BCUT2D eigenvalue weighted by molar-refractivity contribution is 0.0689. The van der Waals surface area contributed by atoms with E-state index in [2.05, 4.69) is 5.10 Å². The van der Waals surface area contributed by atoms with Crippen LogP contribution in [0.3, 0.4) is 0 Å². The highest BCUT2D eigenvalue weighted by Gasteiger charge is 2.18. The van der Waals surface area contributed by atoms with Gasteiger partial charge in [-0.3, -0.25) is 4.68 Å². The molecule has 0 amide bonds. The molecule has 1 aliphatic heterocycles. The van der Waals surface area contributed by atoms with Crippen LogP contribution in [0.25, 0.3) is 11.3 Å². The van der Waals surface area contributed by atoms with Gasteiger partial charge in [0.15, 0.2) is 5.69 Å². The standard InChI is InChI=1S/C14H14N2O3/c1-16-13(7-12(15-16)14(17)18)11-4-2-3-9-8-19-6-5-10(9)11/h2-4,7H,5-6,8H2,1H3,(H,17,18). The Morgan fingerprint density at radius 2 is 2.32 bits per heavy atom. The first-order valence-electron chi connectivity index (χ1n) is 6.13. The van der Waals surface area contributed by atoms with Gasteiger partial charge in [0.05, 0.1) is 18.9 Å². The van der Waals surface area contributed by atoms with Crippen LogP contribution < -0.4 is 0 Å². The lowest BCUT2D eigenvalue weighted by Crippen LogP contribution is -2.11. The Balaban J connectivity index is 2.14. The lowest BCUT2D eigenvalue weighted by Gasteiger charge is -2.19. The van der Waals surface area contributed by atoms with E-state index >= 15 is 0 Å². The average Bonchev–Trinajstić information content (AvgIpc) is 2.80. The first kappa shape index (κ1) is 11.9. The van der Waals surface area contributed by atoms with Gasteiger partial charge in [-0.1, -0.05) is 18.2 Å². The zero-order chi connectivity index (χ0) is 13.4. The van der Waals surface area contributed by atoms with Crippen molar-refractivity contribution in [1.82, 2.24) is 9.78 Å². The van der Waals surface area contributed by atoms with Crippen molar-refractivity contribution < 1.29 is 14.6 Å². The largest absolute Gasteiger partial charge is 0.476 e. The number of hydrogen-bond donors (Lipinski definition) is 1. The second-order valence-corrected chi connectivity index (χ2v) is 4.59. The summed E-state index contributed by atoms with van der Waals surface area (Å²) in [6.45, 7) is 1.32. The summed E-state index contributed by atoms with van der Waals surface area (Å²) >= 11 is 0. The van der Waals surface area contributed by atoms with Crippen molar-refractivity contribution in [2.45, 2.75) is 13.0 Å². The minimum Gasteiger partial charge on any atom is -0.476 e. The van der Waals surface area contributed by atoms with Gasteiger partial charge in [-0.05, 0) is 23.6 Å². The van der Waals surface area contributed by atoms with Gasteiger partial charge in [-0.15, -0.1) is 0 Å². The fraction of sp³-hybridized carbons (Fsp3) is 0.286. The second kappa shape index (κ2) is 4.51. The Hall–Kier alpha value is -2.14. The minimum absolute atomic E-state index is 0.0714. The number of rotatable bonds is 2. The molecule has 0 saturated carbocycles. The number of nitrogens with zero attached hydrogens (tertiary/aromatic N) is 2. The van der Waals surface area contributed by atoms with E-state index in [1.54, 1.807) is 17.8 Å². The number of aromatic nitrogens is 2. The maximum atomic E-state index is 11.0. The van der Waals surface area contributed by atoms with Crippen LogP contribution in [0.15, 0.2) is 24.3 Å². The Morgan fingerprint density at radius 1 is 1.47 bits per heavy atom. The molecule has 0 fully saturated rings. The zero-order valence-corrected chi connectivity index (χ0v) is 10.6. The van der Waals surface area contributed by atoms with Crippen molar-refractivity contribution in [2.24, 2.45) is 7.05 Å². The molecule has 0 spiro atoms.